The summed E-state index contributed by atoms with van der Waals surface area (Å²) in [7, 11) is -9.98. The molecule has 0 aromatic heterocycles. The smallest absolute Gasteiger partial charge is 0.462 e. The van der Waals surface area contributed by atoms with Crippen LogP contribution in [0.15, 0.2) is 134 Å². The minimum absolute atomic E-state index is 0.0508. The molecule has 0 amide bonds. The van der Waals surface area contributed by atoms with Gasteiger partial charge in [-0.2, -0.15) is 0 Å². The molecule has 0 aromatic carbocycles. The number of esters is 4. The summed E-state index contributed by atoms with van der Waals surface area (Å²) < 4.78 is 68.4. The third-order valence-electron chi connectivity index (χ3n) is 15.6. The Labute approximate surface area is 605 Å². The Morgan fingerprint density at radius 3 is 0.850 bits per heavy atom. The molecule has 0 radical (unpaired) electrons. The highest BCUT2D eigenvalue weighted by Crippen LogP contribution is 2.45. The Morgan fingerprint density at radius 1 is 0.290 bits per heavy atom. The van der Waals surface area contributed by atoms with Crippen molar-refractivity contribution in [1.29, 1.82) is 0 Å². The van der Waals surface area contributed by atoms with Crippen LogP contribution in [0, 0.1) is 0 Å². The molecule has 5 atom stereocenters. The van der Waals surface area contributed by atoms with Gasteiger partial charge in [0.25, 0.3) is 0 Å². The van der Waals surface area contributed by atoms with E-state index >= 15 is 0 Å². The van der Waals surface area contributed by atoms with Gasteiger partial charge >= 0.3 is 39.5 Å². The maximum absolute atomic E-state index is 13.1. The molecule has 0 aliphatic rings. The third kappa shape index (κ3) is 71.6. The average molecular weight is 1440 g/mol. The predicted molar refractivity (Wildman–Crippen MR) is 408 cm³/mol. The van der Waals surface area contributed by atoms with Gasteiger partial charge < -0.3 is 33.8 Å². The van der Waals surface area contributed by atoms with E-state index in [0.717, 1.165) is 161 Å². The molecule has 5 unspecified atom stereocenters. The summed E-state index contributed by atoms with van der Waals surface area (Å²) in [5.74, 6) is -2.29. The summed E-state index contributed by atoms with van der Waals surface area (Å²) in [5, 5.41) is 10.6. The van der Waals surface area contributed by atoms with Gasteiger partial charge in [0.2, 0.25) is 0 Å². The van der Waals surface area contributed by atoms with Crippen LogP contribution in [0.4, 0.5) is 0 Å². The highest BCUT2D eigenvalue weighted by molar-refractivity contribution is 7.47. The van der Waals surface area contributed by atoms with Crippen LogP contribution in [0.2, 0.25) is 0 Å². The van der Waals surface area contributed by atoms with Crippen LogP contribution >= 0.6 is 15.6 Å². The molecular formula is C81H136O17P2. The Morgan fingerprint density at radius 2 is 0.530 bits per heavy atom. The van der Waals surface area contributed by atoms with Crippen molar-refractivity contribution < 1.29 is 80.2 Å². The number of ether oxygens (including phenoxy) is 4. The first-order valence-electron chi connectivity index (χ1n) is 38.4. The number of phosphoric ester groups is 2. The molecule has 0 aliphatic carbocycles. The molecule has 0 saturated carbocycles. The van der Waals surface area contributed by atoms with Gasteiger partial charge in [-0.25, -0.2) is 9.13 Å². The molecule has 0 spiro atoms. The molecule has 572 valence electrons. The topological polar surface area (TPSA) is 237 Å². The zero-order valence-corrected chi connectivity index (χ0v) is 64.1. The van der Waals surface area contributed by atoms with Crippen molar-refractivity contribution in [2.45, 2.75) is 316 Å². The summed E-state index contributed by atoms with van der Waals surface area (Å²) in [6, 6.07) is 0. The van der Waals surface area contributed by atoms with E-state index in [-0.39, 0.29) is 25.7 Å². The molecule has 19 heteroatoms. The van der Waals surface area contributed by atoms with Crippen LogP contribution in [0.25, 0.3) is 0 Å². The Balaban J connectivity index is 5.44. The van der Waals surface area contributed by atoms with Gasteiger partial charge in [-0.15, -0.1) is 0 Å². The molecule has 0 aliphatic heterocycles. The van der Waals surface area contributed by atoms with Gasteiger partial charge in [0, 0.05) is 25.7 Å². The second kappa shape index (κ2) is 72.5. The van der Waals surface area contributed by atoms with Gasteiger partial charge in [0.15, 0.2) is 12.2 Å². The fraction of sp³-hybridized carbons (Fsp3) is 0.679. The molecule has 0 rings (SSSR count). The monoisotopic (exact) mass is 1440 g/mol. The van der Waals surface area contributed by atoms with Crippen LogP contribution < -0.4 is 0 Å². The number of phosphoric acid groups is 2. The molecular weight excluding hydrogens is 1310 g/mol. The van der Waals surface area contributed by atoms with Crippen LogP contribution in [0.1, 0.15) is 297 Å². The van der Waals surface area contributed by atoms with Crippen molar-refractivity contribution in [1.82, 2.24) is 0 Å². The number of unbranched alkanes of at least 4 members (excludes halogenated alkanes) is 23. The zero-order chi connectivity index (χ0) is 73.2. The lowest BCUT2D eigenvalue weighted by Crippen LogP contribution is -2.30. The van der Waals surface area contributed by atoms with Crippen molar-refractivity contribution in [3.8, 4) is 0 Å². The lowest BCUT2D eigenvalue weighted by atomic mass is 10.1. The van der Waals surface area contributed by atoms with Crippen molar-refractivity contribution in [2.24, 2.45) is 0 Å². The third-order valence-corrected chi connectivity index (χ3v) is 17.5. The maximum Gasteiger partial charge on any atom is 0.472 e. The van der Waals surface area contributed by atoms with Crippen LogP contribution in [0.3, 0.4) is 0 Å². The van der Waals surface area contributed by atoms with Crippen molar-refractivity contribution in [3.05, 3.63) is 134 Å². The van der Waals surface area contributed by atoms with Crippen LogP contribution in [-0.4, -0.2) is 96.7 Å². The number of rotatable bonds is 71. The van der Waals surface area contributed by atoms with Crippen molar-refractivity contribution in [2.75, 3.05) is 39.6 Å². The first-order chi connectivity index (χ1) is 48.7. The number of aliphatic hydroxyl groups is 1. The largest absolute Gasteiger partial charge is 0.472 e. The highest BCUT2D eigenvalue weighted by Gasteiger charge is 2.30. The number of carbonyl (C=O) groups is 4. The van der Waals surface area contributed by atoms with Gasteiger partial charge in [0.1, 0.15) is 19.3 Å². The minimum atomic E-state index is -5.00. The van der Waals surface area contributed by atoms with Gasteiger partial charge in [0.05, 0.1) is 26.4 Å². The number of aliphatic hydroxyl groups excluding tert-OH is 1. The summed E-state index contributed by atoms with van der Waals surface area (Å²) in [5.41, 5.74) is 0. The fourth-order valence-electron chi connectivity index (χ4n) is 9.76. The fourth-order valence-corrected chi connectivity index (χ4v) is 11.3. The van der Waals surface area contributed by atoms with Crippen LogP contribution in [-0.2, 0) is 65.4 Å². The van der Waals surface area contributed by atoms with Crippen molar-refractivity contribution >= 4 is 39.5 Å². The summed E-state index contributed by atoms with van der Waals surface area (Å²) in [4.78, 5) is 72.8. The predicted octanol–water partition coefficient (Wildman–Crippen LogP) is 22.1. The molecule has 0 heterocycles. The van der Waals surface area contributed by atoms with E-state index in [4.69, 9.17) is 37.0 Å². The number of hydrogen-bond acceptors (Lipinski definition) is 15. The molecule has 100 heavy (non-hydrogen) atoms. The first kappa shape index (κ1) is 95.2. The quantitative estimate of drug-likeness (QED) is 0.0169. The second-order valence-corrected chi connectivity index (χ2v) is 28.1. The number of hydrogen-bond donors (Lipinski definition) is 3. The molecule has 0 saturated heterocycles. The Hall–Kier alpha value is -4.80. The first-order valence-corrected chi connectivity index (χ1v) is 41.4. The van der Waals surface area contributed by atoms with Crippen molar-refractivity contribution in [3.63, 3.8) is 0 Å². The molecule has 0 bridgehead atoms. The van der Waals surface area contributed by atoms with Gasteiger partial charge in [-0.3, -0.25) is 37.3 Å². The molecule has 0 aromatic rings. The van der Waals surface area contributed by atoms with E-state index in [0.29, 0.717) is 32.1 Å². The molecule has 17 nitrogen and oxygen atoms in total. The van der Waals surface area contributed by atoms with E-state index in [9.17, 15) is 43.2 Å². The summed E-state index contributed by atoms with van der Waals surface area (Å²) >= 11 is 0. The summed E-state index contributed by atoms with van der Waals surface area (Å²) in [6.07, 6.45) is 80.2. The van der Waals surface area contributed by atoms with Crippen LogP contribution in [0.5, 0.6) is 0 Å². The molecule has 0 fully saturated rings. The standard InChI is InChI=1S/C81H136O17P2/c1-5-9-13-17-21-25-29-33-35-37-39-43-46-50-54-58-62-66-79(84)92-72-77(98-81(86)68-64-60-56-52-48-44-40-38-36-34-30-26-22-18-14-10-6-2)74-96-100(89,90)94-70-75(82)69-93-99(87,88)95-73-76(97-80(85)67-63-59-55-51-47-42-32-28-24-20-16-12-8-4)71-91-78(83)65-61-57-53-49-45-41-31-27-23-19-15-11-7-3/h9-10,13-14,21-22,25-28,31-36,39-40,43-44,50,54,75-77,82H,5-8,11-12,15-20,23-24,29-30,37-38,41-42,45-49,51-53,55-74H2,1-4H3,(H,87,88)(H,89,90)/b13-9-,14-10-,25-21-,26-22-,31-27-,32-28-,35-33-,36-34-,43-39-,44-40-,54-50-. The van der Waals surface area contributed by atoms with E-state index in [1.165, 1.54) is 51.4 Å². The van der Waals surface area contributed by atoms with E-state index < -0.39 is 97.5 Å². The number of allylic oxidation sites excluding steroid dienone is 22. The van der Waals surface area contributed by atoms with Gasteiger partial charge in [-0.1, -0.05) is 251 Å². The Bertz CT molecular complexity index is 2420. The number of carbonyl (C=O) groups excluding carboxylic acids is 4. The van der Waals surface area contributed by atoms with E-state index in [1.807, 2.05) is 12.2 Å². The maximum atomic E-state index is 13.1. The van der Waals surface area contributed by atoms with Gasteiger partial charge in [-0.05, 0) is 154 Å². The van der Waals surface area contributed by atoms with E-state index in [1.54, 1.807) is 0 Å². The SMILES string of the molecule is CC/C=C\C/C=C\C/C=C\C/C=C\C/C=C\CCCC(=O)OCC(COP(=O)(O)OCC(O)COP(=O)(O)OCC(COC(=O)CCCCCCC/C=C\CCCCCC)OC(=O)CCCCCCC/C=C\CCCCCC)OC(=O)CCCCCC/C=C\C/C=C\C/C=C\C/C=C\CC. The second-order valence-electron chi connectivity index (χ2n) is 25.2. The normalized spacial score (nSPS) is 14.7. The average Bonchev–Trinajstić information content (AvgIpc) is 1.15. The minimum Gasteiger partial charge on any atom is -0.462 e. The highest BCUT2D eigenvalue weighted by atomic mass is 31.2. The molecule has 3 N–H and O–H groups in total. The lowest BCUT2D eigenvalue weighted by molar-refractivity contribution is -0.161. The Kier molecular flexibility index (Phi) is 69.1. The summed E-state index contributed by atoms with van der Waals surface area (Å²) in [6.45, 7) is 4.50. The lowest BCUT2D eigenvalue weighted by Gasteiger charge is -2.21. The van der Waals surface area contributed by atoms with E-state index in [2.05, 4.69) is 149 Å². The zero-order valence-electron chi connectivity index (χ0n) is 62.3.